The van der Waals surface area contributed by atoms with Crippen LogP contribution >= 0.6 is 0 Å². The van der Waals surface area contributed by atoms with Crippen molar-refractivity contribution in [3.05, 3.63) is 35.8 Å². The van der Waals surface area contributed by atoms with Gasteiger partial charge in [0.25, 0.3) is 0 Å². The summed E-state index contributed by atoms with van der Waals surface area (Å²) < 4.78 is 12.9. The van der Waals surface area contributed by atoms with Crippen LogP contribution in [0.25, 0.3) is 10.9 Å². The minimum absolute atomic E-state index is 0.201. The van der Waals surface area contributed by atoms with E-state index in [4.69, 9.17) is 0 Å². The van der Waals surface area contributed by atoms with Gasteiger partial charge in [0.2, 0.25) is 0 Å². The number of aromatic amines is 1. The lowest BCUT2D eigenvalue weighted by molar-refractivity contribution is 0.590. The average Bonchev–Trinajstić information content (AvgIpc) is 2.57. The first kappa shape index (κ1) is 10.2. The lowest BCUT2D eigenvalue weighted by atomic mass is 10.1. The van der Waals surface area contributed by atoms with E-state index in [1.165, 1.54) is 17.7 Å². The van der Waals surface area contributed by atoms with E-state index in [0.717, 1.165) is 17.4 Å². The largest absolute Gasteiger partial charge is 0.361 e. The van der Waals surface area contributed by atoms with Crippen molar-refractivity contribution < 1.29 is 4.39 Å². The topological polar surface area (TPSA) is 27.8 Å². The molecule has 2 rings (SSSR count). The summed E-state index contributed by atoms with van der Waals surface area (Å²) in [5.74, 6) is -0.201. The standard InChI is InChI=1S/C12H15FN2/c1-8(2)14-6-9-7-15-12-5-10(13)3-4-11(9)12/h3-5,7-8,14-15H,6H2,1-2H3. The zero-order valence-electron chi connectivity index (χ0n) is 8.97. The number of fused-ring (bicyclic) bond motifs is 1. The Bertz CT molecular complexity index is 460. The number of nitrogens with one attached hydrogen (secondary N) is 2. The minimum Gasteiger partial charge on any atom is -0.361 e. The molecule has 2 aromatic rings. The molecule has 0 aliphatic heterocycles. The number of H-pyrrole nitrogens is 1. The summed E-state index contributed by atoms with van der Waals surface area (Å²) >= 11 is 0. The van der Waals surface area contributed by atoms with Crippen molar-refractivity contribution >= 4 is 10.9 Å². The molecule has 80 valence electrons. The van der Waals surface area contributed by atoms with Crippen LogP contribution in [0.5, 0.6) is 0 Å². The van der Waals surface area contributed by atoms with Gasteiger partial charge in [-0.15, -0.1) is 0 Å². The van der Waals surface area contributed by atoms with E-state index in [9.17, 15) is 4.39 Å². The van der Waals surface area contributed by atoms with E-state index < -0.39 is 0 Å². The Hall–Kier alpha value is -1.35. The summed E-state index contributed by atoms with van der Waals surface area (Å²) in [7, 11) is 0. The summed E-state index contributed by atoms with van der Waals surface area (Å²) in [5.41, 5.74) is 2.04. The second-order valence-electron chi connectivity index (χ2n) is 4.04. The number of hydrogen-bond acceptors (Lipinski definition) is 1. The molecule has 0 radical (unpaired) electrons. The Balaban J connectivity index is 2.29. The second-order valence-corrected chi connectivity index (χ2v) is 4.04. The molecule has 1 aromatic carbocycles. The molecule has 1 aromatic heterocycles. The van der Waals surface area contributed by atoms with Gasteiger partial charge in [-0.05, 0) is 23.8 Å². The summed E-state index contributed by atoms with van der Waals surface area (Å²) in [6, 6.07) is 5.29. The highest BCUT2D eigenvalue weighted by Gasteiger charge is 2.04. The molecule has 0 aliphatic carbocycles. The van der Waals surface area contributed by atoms with Gasteiger partial charge in [-0.2, -0.15) is 0 Å². The lowest BCUT2D eigenvalue weighted by Crippen LogP contribution is -2.21. The summed E-state index contributed by atoms with van der Waals surface area (Å²) in [6.45, 7) is 5.02. The molecule has 3 heteroatoms. The van der Waals surface area contributed by atoms with Crippen LogP contribution in [0.4, 0.5) is 4.39 Å². The smallest absolute Gasteiger partial charge is 0.125 e. The summed E-state index contributed by atoms with van der Waals surface area (Å²) in [4.78, 5) is 3.07. The Labute approximate surface area is 88.5 Å². The normalized spacial score (nSPS) is 11.5. The highest BCUT2D eigenvalue weighted by molar-refractivity contribution is 5.83. The molecule has 2 nitrogen and oxygen atoms in total. The van der Waals surface area contributed by atoms with Crippen LogP contribution in [0.1, 0.15) is 19.4 Å². The maximum atomic E-state index is 12.9. The molecule has 0 atom stereocenters. The SMILES string of the molecule is CC(C)NCc1c[nH]c2cc(F)ccc12. The molecule has 0 unspecified atom stereocenters. The van der Waals surface area contributed by atoms with Crippen LogP contribution < -0.4 is 5.32 Å². The zero-order chi connectivity index (χ0) is 10.8. The summed E-state index contributed by atoms with van der Waals surface area (Å²) in [6.07, 6.45) is 1.93. The maximum absolute atomic E-state index is 12.9. The Morgan fingerprint density at radius 1 is 1.40 bits per heavy atom. The van der Waals surface area contributed by atoms with E-state index >= 15 is 0 Å². The lowest BCUT2D eigenvalue weighted by Gasteiger charge is -2.06. The first-order chi connectivity index (χ1) is 7.16. The van der Waals surface area contributed by atoms with E-state index in [-0.39, 0.29) is 5.82 Å². The van der Waals surface area contributed by atoms with Crippen molar-refractivity contribution in [2.24, 2.45) is 0 Å². The first-order valence-corrected chi connectivity index (χ1v) is 5.15. The van der Waals surface area contributed by atoms with Crippen molar-refractivity contribution in [3.8, 4) is 0 Å². The Morgan fingerprint density at radius 2 is 2.20 bits per heavy atom. The van der Waals surface area contributed by atoms with Gasteiger partial charge in [0.1, 0.15) is 5.82 Å². The molecule has 1 heterocycles. The monoisotopic (exact) mass is 206 g/mol. The minimum atomic E-state index is -0.201. The van der Waals surface area contributed by atoms with Crippen LogP contribution in [0.3, 0.4) is 0 Å². The molecule has 0 bridgehead atoms. The van der Waals surface area contributed by atoms with Crippen molar-refractivity contribution in [1.82, 2.24) is 10.3 Å². The number of benzene rings is 1. The van der Waals surface area contributed by atoms with Gasteiger partial charge in [-0.25, -0.2) is 4.39 Å². The van der Waals surface area contributed by atoms with Gasteiger partial charge in [0, 0.05) is 29.7 Å². The van der Waals surface area contributed by atoms with E-state index in [2.05, 4.69) is 24.1 Å². The molecule has 0 fully saturated rings. The third-order valence-electron chi connectivity index (χ3n) is 2.43. The zero-order valence-corrected chi connectivity index (χ0v) is 8.97. The summed E-state index contributed by atoms with van der Waals surface area (Å²) in [5, 5.41) is 4.43. The predicted molar refractivity (Wildman–Crippen MR) is 60.2 cm³/mol. The highest BCUT2D eigenvalue weighted by atomic mass is 19.1. The van der Waals surface area contributed by atoms with Crippen molar-refractivity contribution in [3.63, 3.8) is 0 Å². The van der Waals surface area contributed by atoms with Gasteiger partial charge in [0.15, 0.2) is 0 Å². The number of aromatic nitrogens is 1. The van der Waals surface area contributed by atoms with Gasteiger partial charge in [-0.3, -0.25) is 0 Å². The first-order valence-electron chi connectivity index (χ1n) is 5.15. The number of halogens is 1. The fraction of sp³-hybridized carbons (Fsp3) is 0.333. The molecule has 0 spiro atoms. The van der Waals surface area contributed by atoms with Crippen molar-refractivity contribution in [1.29, 1.82) is 0 Å². The Morgan fingerprint density at radius 3 is 2.93 bits per heavy atom. The van der Waals surface area contributed by atoms with E-state index in [1.807, 2.05) is 12.3 Å². The number of rotatable bonds is 3. The van der Waals surface area contributed by atoms with E-state index in [0.29, 0.717) is 6.04 Å². The molecular weight excluding hydrogens is 191 g/mol. The second kappa shape index (κ2) is 4.03. The molecule has 0 saturated carbocycles. The van der Waals surface area contributed by atoms with Crippen molar-refractivity contribution in [2.75, 3.05) is 0 Å². The van der Waals surface area contributed by atoms with Crippen LogP contribution in [0, 0.1) is 5.82 Å². The van der Waals surface area contributed by atoms with Gasteiger partial charge >= 0.3 is 0 Å². The molecule has 0 saturated heterocycles. The molecule has 15 heavy (non-hydrogen) atoms. The quantitative estimate of drug-likeness (QED) is 0.794. The third kappa shape index (κ3) is 2.18. The fourth-order valence-electron chi connectivity index (χ4n) is 1.62. The predicted octanol–water partition coefficient (Wildman–Crippen LogP) is 2.81. The van der Waals surface area contributed by atoms with Crippen LogP contribution in [0.2, 0.25) is 0 Å². The fourth-order valence-corrected chi connectivity index (χ4v) is 1.62. The van der Waals surface area contributed by atoms with Gasteiger partial charge in [-0.1, -0.05) is 13.8 Å². The van der Waals surface area contributed by atoms with Gasteiger partial charge in [0.05, 0.1) is 0 Å². The van der Waals surface area contributed by atoms with Crippen LogP contribution in [0.15, 0.2) is 24.4 Å². The number of hydrogen-bond donors (Lipinski definition) is 2. The van der Waals surface area contributed by atoms with E-state index in [1.54, 1.807) is 0 Å². The molecule has 0 amide bonds. The molecule has 0 aliphatic rings. The molecular formula is C12H15FN2. The van der Waals surface area contributed by atoms with Crippen molar-refractivity contribution in [2.45, 2.75) is 26.4 Å². The molecule has 2 N–H and O–H groups in total. The maximum Gasteiger partial charge on any atom is 0.125 e. The highest BCUT2D eigenvalue weighted by Crippen LogP contribution is 2.18. The Kier molecular flexibility index (Phi) is 2.73. The van der Waals surface area contributed by atoms with Crippen LogP contribution in [-0.2, 0) is 6.54 Å². The average molecular weight is 206 g/mol. The third-order valence-corrected chi connectivity index (χ3v) is 2.43. The van der Waals surface area contributed by atoms with Gasteiger partial charge < -0.3 is 10.3 Å². The van der Waals surface area contributed by atoms with Crippen LogP contribution in [-0.4, -0.2) is 11.0 Å².